The second-order valence-electron chi connectivity index (χ2n) is 8.11. The Morgan fingerprint density at radius 2 is 1.87 bits per heavy atom. The zero-order chi connectivity index (χ0) is 27.4. The van der Waals surface area contributed by atoms with E-state index < -0.39 is 11.8 Å². The largest absolute Gasteiger partial charge is 0.490 e. The first-order valence-corrected chi connectivity index (χ1v) is 14.1. The first-order chi connectivity index (χ1) is 18.2. The number of halogens is 3. The van der Waals surface area contributed by atoms with Crippen LogP contribution in [-0.2, 0) is 11.4 Å². The summed E-state index contributed by atoms with van der Waals surface area (Å²) in [5.41, 5.74) is 5.49. The number of thioether (sulfide) groups is 1. The molecule has 3 aromatic rings. The van der Waals surface area contributed by atoms with E-state index in [2.05, 4.69) is 21.4 Å². The molecule has 0 saturated carbocycles. The van der Waals surface area contributed by atoms with E-state index in [-0.39, 0.29) is 10.9 Å². The van der Waals surface area contributed by atoms with Crippen LogP contribution in [-0.4, -0.2) is 27.8 Å². The molecule has 1 N–H and O–H groups in total. The quantitative estimate of drug-likeness (QED) is 0.200. The Kier molecular flexibility index (Phi) is 9.38. The van der Waals surface area contributed by atoms with Gasteiger partial charge < -0.3 is 9.47 Å². The zero-order valence-electron chi connectivity index (χ0n) is 20.2. The topological polar surface area (TPSA) is 67.9 Å². The molecule has 1 saturated heterocycles. The van der Waals surface area contributed by atoms with E-state index in [1.807, 2.05) is 26.0 Å². The van der Waals surface area contributed by atoms with Crippen LogP contribution in [0.3, 0.4) is 0 Å². The molecule has 1 fully saturated rings. The van der Waals surface area contributed by atoms with Crippen LogP contribution in [0.4, 0.5) is 0 Å². The third-order valence-electron chi connectivity index (χ3n) is 5.34. The molecule has 1 heterocycles. The van der Waals surface area contributed by atoms with Crippen LogP contribution in [0.25, 0.3) is 6.08 Å². The second kappa shape index (κ2) is 12.5. The summed E-state index contributed by atoms with van der Waals surface area (Å²) in [4.78, 5) is 26.0. The predicted octanol–water partition coefficient (Wildman–Crippen LogP) is 7.59. The summed E-state index contributed by atoms with van der Waals surface area (Å²) in [7, 11) is 0. The molecule has 1 aliphatic heterocycles. The Balaban J connectivity index is 1.53. The lowest BCUT2D eigenvalue weighted by atomic mass is 10.1. The standard InChI is InChI=1S/C27H21BrCl2N2O4S2/c1-3-35-22-11-16(10-20(28)24(22)36-14-18-8-9-19(29)13-21(18)30)12-23-26(34)32(27(37)38-23)31-25(33)17-6-4-15(2)5-7-17/h4-13H,3,14H2,1-2H3,(H,31,33)/b23-12-. The monoisotopic (exact) mass is 650 g/mol. The van der Waals surface area contributed by atoms with Crippen LogP contribution in [0.1, 0.15) is 34.0 Å². The molecule has 1 aliphatic rings. The maximum Gasteiger partial charge on any atom is 0.285 e. The summed E-state index contributed by atoms with van der Waals surface area (Å²) in [6, 6.07) is 15.8. The van der Waals surface area contributed by atoms with Gasteiger partial charge in [-0.2, -0.15) is 5.01 Å². The second-order valence-corrected chi connectivity index (χ2v) is 11.5. The number of nitrogens with one attached hydrogen (secondary N) is 1. The molecule has 196 valence electrons. The van der Waals surface area contributed by atoms with E-state index in [0.29, 0.717) is 48.7 Å². The maximum absolute atomic E-state index is 13.1. The fourth-order valence-electron chi connectivity index (χ4n) is 3.45. The molecule has 0 spiro atoms. The third-order valence-corrected chi connectivity index (χ3v) is 7.82. The summed E-state index contributed by atoms with van der Waals surface area (Å²) in [6.45, 7) is 4.40. The van der Waals surface area contributed by atoms with Crippen LogP contribution in [0.5, 0.6) is 11.5 Å². The normalized spacial score (nSPS) is 14.2. The number of amides is 2. The highest BCUT2D eigenvalue weighted by atomic mass is 79.9. The fraction of sp³-hybridized carbons (Fsp3) is 0.148. The van der Waals surface area contributed by atoms with E-state index in [9.17, 15) is 9.59 Å². The van der Waals surface area contributed by atoms with Gasteiger partial charge in [-0.3, -0.25) is 15.0 Å². The Labute approximate surface area is 248 Å². The number of hydrazine groups is 1. The van der Waals surface area contributed by atoms with Crippen LogP contribution < -0.4 is 14.9 Å². The summed E-state index contributed by atoms with van der Waals surface area (Å²) >= 11 is 22.3. The van der Waals surface area contributed by atoms with Gasteiger partial charge in [-0.15, -0.1) is 0 Å². The molecule has 38 heavy (non-hydrogen) atoms. The molecule has 3 aromatic carbocycles. The van der Waals surface area contributed by atoms with Crippen molar-refractivity contribution in [2.24, 2.45) is 0 Å². The van der Waals surface area contributed by atoms with E-state index in [1.165, 1.54) is 0 Å². The molecule has 6 nitrogen and oxygen atoms in total. The molecule has 0 unspecified atom stereocenters. The lowest BCUT2D eigenvalue weighted by Gasteiger charge is -2.16. The number of carbonyl (C=O) groups is 2. The average molecular weight is 652 g/mol. The van der Waals surface area contributed by atoms with Crippen molar-refractivity contribution in [1.29, 1.82) is 0 Å². The lowest BCUT2D eigenvalue weighted by molar-refractivity contribution is -0.123. The van der Waals surface area contributed by atoms with Gasteiger partial charge in [0.05, 0.1) is 16.0 Å². The van der Waals surface area contributed by atoms with Crippen LogP contribution in [0, 0.1) is 6.92 Å². The van der Waals surface area contributed by atoms with Gasteiger partial charge in [0.25, 0.3) is 11.8 Å². The minimum absolute atomic E-state index is 0.202. The van der Waals surface area contributed by atoms with Crippen molar-refractivity contribution in [2.75, 3.05) is 6.61 Å². The molecule has 4 rings (SSSR count). The molecule has 0 aromatic heterocycles. The molecular weight excluding hydrogens is 631 g/mol. The molecule has 0 atom stereocenters. The highest BCUT2D eigenvalue weighted by Gasteiger charge is 2.34. The lowest BCUT2D eigenvalue weighted by Crippen LogP contribution is -2.44. The van der Waals surface area contributed by atoms with Crippen molar-refractivity contribution >= 4 is 85.3 Å². The predicted molar refractivity (Wildman–Crippen MR) is 160 cm³/mol. The van der Waals surface area contributed by atoms with E-state index in [4.69, 9.17) is 44.9 Å². The fourth-order valence-corrected chi connectivity index (χ4v) is 5.67. The summed E-state index contributed by atoms with van der Waals surface area (Å²) in [5, 5.41) is 2.12. The number of hydrogen-bond donors (Lipinski definition) is 1. The molecule has 11 heteroatoms. The van der Waals surface area contributed by atoms with Gasteiger partial charge in [-0.05, 0) is 90.0 Å². The number of hydrogen-bond acceptors (Lipinski definition) is 6. The Hall–Kier alpha value is -2.56. The van der Waals surface area contributed by atoms with Crippen molar-refractivity contribution in [3.8, 4) is 11.5 Å². The highest BCUT2D eigenvalue weighted by molar-refractivity contribution is 9.10. The minimum atomic E-state index is -0.425. The highest BCUT2D eigenvalue weighted by Crippen LogP contribution is 2.40. The van der Waals surface area contributed by atoms with Crippen molar-refractivity contribution in [3.05, 3.63) is 96.3 Å². The van der Waals surface area contributed by atoms with Gasteiger partial charge in [0.15, 0.2) is 15.8 Å². The van der Waals surface area contributed by atoms with Gasteiger partial charge in [-0.25, -0.2) is 0 Å². The summed E-state index contributed by atoms with van der Waals surface area (Å²) in [5.74, 6) is 0.132. The first-order valence-electron chi connectivity index (χ1n) is 11.3. The van der Waals surface area contributed by atoms with E-state index >= 15 is 0 Å². The summed E-state index contributed by atoms with van der Waals surface area (Å²) in [6.07, 6.45) is 1.68. The number of thiocarbonyl (C=S) groups is 1. The van der Waals surface area contributed by atoms with Crippen molar-refractivity contribution < 1.29 is 19.1 Å². The number of ether oxygens (including phenoxy) is 2. The Morgan fingerprint density at radius 3 is 2.55 bits per heavy atom. The van der Waals surface area contributed by atoms with Gasteiger partial charge in [0, 0.05) is 21.2 Å². The van der Waals surface area contributed by atoms with Gasteiger partial charge in [0.1, 0.15) is 6.61 Å². The third kappa shape index (κ3) is 6.71. The SMILES string of the molecule is CCOc1cc(/C=C2\SC(=S)N(NC(=O)c3ccc(C)cc3)C2=O)cc(Br)c1OCc1ccc(Cl)cc1Cl. The molecular formula is C27H21BrCl2N2O4S2. The van der Waals surface area contributed by atoms with Crippen LogP contribution in [0.2, 0.25) is 10.0 Å². The van der Waals surface area contributed by atoms with Crippen molar-refractivity contribution in [2.45, 2.75) is 20.5 Å². The zero-order valence-corrected chi connectivity index (χ0v) is 24.9. The van der Waals surface area contributed by atoms with Crippen molar-refractivity contribution in [3.63, 3.8) is 0 Å². The van der Waals surface area contributed by atoms with Gasteiger partial charge >= 0.3 is 0 Å². The molecule has 0 radical (unpaired) electrons. The van der Waals surface area contributed by atoms with Gasteiger partial charge in [-0.1, -0.05) is 58.7 Å². The Morgan fingerprint density at radius 1 is 1.13 bits per heavy atom. The van der Waals surface area contributed by atoms with Crippen LogP contribution >= 0.6 is 63.1 Å². The number of carbonyl (C=O) groups excluding carboxylic acids is 2. The van der Waals surface area contributed by atoms with E-state index in [0.717, 1.165) is 27.9 Å². The van der Waals surface area contributed by atoms with E-state index in [1.54, 1.807) is 48.5 Å². The molecule has 0 aliphatic carbocycles. The maximum atomic E-state index is 13.1. The van der Waals surface area contributed by atoms with Crippen LogP contribution in [0.15, 0.2) is 64.0 Å². The Bertz CT molecular complexity index is 1450. The summed E-state index contributed by atoms with van der Waals surface area (Å²) < 4.78 is 12.7. The average Bonchev–Trinajstić information content (AvgIpc) is 3.12. The first kappa shape index (κ1) is 28.4. The molecule has 0 bridgehead atoms. The van der Waals surface area contributed by atoms with Crippen molar-refractivity contribution in [1.82, 2.24) is 10.4 Å². The molecule has 2 amide bonds. The minimum Gasteiger partial charge on any atom is -0.490 e. The number of nitrogens with zero attached hydrogens (tertiary/aromatic N) is 1. The smallest absolute Gasteiger partial charge is 0.285 e. The van der Waals surface area contributed by atoms with Gasteiger partial charge in [0.2, 0.25) is 0 Å². The number of rotatable bonds is 8. The number of aryl methyl sites for hydroxylation is 1. The number of benzene rings is 3.